The summed E-state index contributed by atoms with van der Waals surface area (Å²) in [7, 11) is 0. The lowest BCUT2D eigenvalue weighted by Gasteiger charge is -2.08. The molecule has 0 saturated heterocycles. The Balaban J connectivity index is 1.97. The number of nitrogens with two attached hydrogens (primary N) is 1. The second-order valence-corrected chi connectivity index (χ2v) is 5.08. The average Bonchev–Trinajstić information content (AvgIpc) is 3.03. The zero-order valence-corrected chi connectivity index (χ0v) is 12.0. The van der Waals surface area contributed by atoms with Crippen molar-refractivity contribution in [3.05, 3.63) is 53.1 Å². The van der Waals surface area contributed by atoms with Crippen LogP contribution in [-0.2, 0) is 13.0 Å². The summed E-state index contributed by atoms with van der Waals surface area (Å²) >= 11 is 5.98. The number of aryl methyl sites for hydroxylation is 1. The molecule has 2 aromatic heterocycles. The van der Waals surface area contributed by atoms with E-state index in [1.807, 2.05) is 22.9 Å². The van der Waals surface area contributed by atoms with Gasteiger partial charge in [0.1, 0.15) is 0 Å². The molecule has 104 valence electrons. The Morgan fingerprint density at radius 2 is 2.15 bits per heavy atom. The molecule has 20 heavy (non-hydrogen) atoms. The SMILES string of the molecule is CCn1nc(CC(N)c2ccoc2Cl)c2ccccc21. The van der Waals surface area contributed by atoms with E-state index in [9.17, 15) is 0 Å². The third-order valence-corrected chi connectivity index (χ3v) is 3.80. The minimum Gasteiger partial charge on any atom is -0.453 e. The fourth-order valence-electron chi connectivity index (χ4n) is 2.48. The molecule has 5 heteroatoms. The number of furan rings is 1. The molecular formula is C15H16ClN3O. The molecule has 3 rings (SSSR count). The van der Waals surface area contributed by atoms with Crippen LogP contribution in [0.2, 0.25) is 5.22 Å². The molecule has 0 fully saturated rings. The average molecular weight is 290 g/mol. The van der Waals surface area contributed by atoms with Crippen LogP contribution in [0.4, 0.5) is 0 Å². The van der Waals surface area contributed by atoms with Crippen LogP contribution in [0.15, 0.2) is 41.0 Å². The molecular weight excluding hydrogens is 274 g/mol. The smallest absolute Gasteiger partial charge is 0.197 e. The van der Waals surface area contributed by atoms with Crippen LogP contribution in [0.3, 0.4) is 0 Å². The number of fused-ring (bicyclic) bond motifs is 1. The molecule has 0 radical (unpaired) electrons. The van der Waals surface area contributed by atoms with Crippen molar-refractivity contribution in [1.82, 2.24) is 9.78 Å². The Hall–Kier alpha value is -1.78. The minimum absolute atomic E-state index is 0.218. The standard InChI is InChI=1S/C15H16ClN3O/c1-2-19-14-6-4-3-5-11(14)13(18-19)9-12(17)10-7-8-20-15(10)16/h3-8,12H,2,9,17H2,1H3. The number of hydrogen-bond acceptors (Lipinski definition) is 3. The summed E-state index contributed by atoms with van der Waals surface area (Å²) in [5.74, 6) is 0. The van der Waals surface area contributed by atoms with Crippen LogP contribution in [0, 0.1) is 0 Å². The van der Waals surface area contributed by atoms with E-state index in [-0.39, 0.29) is 6.04 Å². The van der Waals surface area contributed by atoms with Gasteiger partial charge in [0.25, 0.3) is 0 Å². The molecule has 1 atom stereocenters. The largest absolute Gasteiger partial charge is 0.453 e. The molecule has 0 aliphatic heterocycles. The Morgan fingerprint density at radius 3 is 2.85 bits per heavy atom. The van der Waals surface area contributed by atoms with Crippen LogP contribution >= 0.6 is 11.6 Å². The van der Waals surface area contributed by atoms with Crippen LogP contribution in [-0.4, -0.2) is 9.78 Å². The fourth-order valence-corrected chi connectivity index (χ4v) is 2.73. The van der Waals surface area contributed by atoms with Gasteiger partial charge in [0.15, 0.2) is 5.22 Å². The predicted molar refractivity (Wildman–Crippen MR) is 79.8 cm³/mol. The van der Waals surface area contributed by atoms with Gasteiger partial charge in [-0.2, -0.15) is 5.10 Å². The molecule has 0 bridgehead atoms. The van der Waals surface area contributed by atoms with Crippen LogP contribution in [0.1, 0.15) is 24.2 Å². The Kier molecular flexibility index (Phi) is 3.51. The topological polar surface area (TPSA) is 57.0 Å². The van der Waals surface area contributed by atoms with E-state index in [1.165, 1.54) is 0 Å². The fraction of sp³-hybridized carbons (Fsp3) is 0.267. The molecule has 0 amide bonds. The Labute approximate surface area is 122 Å². The zero-order valence-electron chi connectivity index (χ0n) is 11.2. The second-order valence-electron chi connectivity index (χ2n) is 4.74. The van der Waals surface area contributed by atoms with Crippen molar-refractivity contribution in [3.63, 3.8) is 0 Å². The van der Waals surface area contributed by atoms with Crippen molar-refractivity contribution in [2.24, 2.45) is 5.73 Å². The van der Waals surface area contributed by atoms with Gasteiger partial charge in [0, 0.05) is 30.0 Å². The Morgan fingerprint density at radius 1 is 1.35 bits per heavy atom. The number of aromatic nitrogens is 2. The first-order valence-electron chi connectivity index (χ1n) is 6.63. The van der Waals surface area contributed by atoms with Gasteiger partial charge < -0.3 is 10.2 Å². The number of benzene rings is 1. The van der Waals surface area contributed by atoms with Gasteiger partial charge in [-0.25, -0.2) is 0 Å². The van der Waals surface area contributed by atoms with Crippen LogP contribution in [0.5, 0.6) is 0 Å². The van der Waals surface area contributed by atoms with Crippen molar-refractivity contribution in [3.8, 4) is 0 Å². The molecule has 2 N–H and O–H groups in total. The monoisotopic (exact) mass is 289 g/mol. The number of nitrogens with zero attached hydrogens (tertiary/aromatic N) is 2. The number of para-hydroxylation sites is 1. The molecule has 1 unspecified atom stereocenters. The van der Waals surface area contributed by atoms with Crippen molar-refractivity contribution in [1.29, 1.82) is 0 Å². The summed E-state index contributed by atoms with van der Waals surface area (Å²) in [5.41, 5.74) is 9.17. The van der Waals surface area contributed by atoms with Crippen molar-refractivity contribution in [2.75, 3.05) is 0 Å². The van der Waals surface area contributed by atoms with Gasteiger partial charge in [-0.1, -0.05) is 18.2 Å². The summed E-state index contributed by atoms with van der Waals surface area (Å²) < 4.78 is 7.09. The molecule has 3 aromatic rings. The maximum Gasteiger partial charge on any atom is 0.197 e. The number of rotatable bonds is 4. The molecule has 4 nitrogen and oxygen atoms in total. The zero-order chi connectivity index (χ0) is 14.1. The summed E-state index contributed by atoms with van der Waals surface area (Å²) in [5, 5.41) is 6.15. The van der Waals surface area contributed by atoms with E-state index in [0.29, 0.717) is 11.6 Å². The lowest BCUT2D eigenvalue weighted by molar-refractivity contribution is 0.559. The van der Waals surface area contributed by atoms with E-state index < -0.39 is 0 Å². The second kappa shape index (κ2) is 5.31. The highest BCUT2D eigenvalue weighted by atomic mass is 35.5. The normalized spacial score (nSPS) is 12.9. The predicted octanol–water partition coefficient (Wildman–Crippen LogP) is 3.55. The number of halogens is 1. The molecule has 1 aromatic carbocycles. The van der Waals surface area contributed by atoms with E-state index in [4.69, 9.17) is 21.8 Å². The van der Waals surface area contributed by atoms with E-state index in [1.54, 1.807) is 6.26 Å². The summed E-state index contributed by atoms with van der Waals surface area (Å²) in [4.78, 5) is 0. The van der Waals surface area contributed by atoms with Crippen LogP contribution < -0.4 is 5.73 Å². The molecule has 2 heterocycles. The van der Waals surface area contributed by atoms with Crippen molar-refractivity contribution >= 4 is 22.5 Å². The quantitative estimate of drug-likeness (QED) is 0.799. The van der Waals surface area contributed by atoms with Gasteiger partial charge in [0.05, 0.1) is 17.5 Å². The summed E-state index contributed by atoms with van der Waals surface area (Å²) in [6, 6.07) is 9.78. The van der Waals surface area contributed by atoms with Gasteiger partial charge in [-0.05, 0) is 30.7 Å². The first-order valence-corrected chi connectivity index (χ1v) is 7.01. The van der Waals surface area contributed by atoms with Gasteiger partial charge >= 0.3 is 0 Å². The van der Waals surface area contributed by atoms with E-state index >= 15 is 0 Å². The lowest BCUT2D eigenvalue weighted by Crippen LogP contribution is -2.13. The van der Waals surface area contributed by atoms with Gasteiger partial charge in [-0.15, -0.1) is 0 Å². The highest BCUT2D eigenvalue weighted by molar-refractivity contribution is 6.29. The van der Waals surface area contributed by atoms with Crippen LogP contribution in [0.25, 0.3) is 10.9 Å². The molecule has 0 saturated carbocycles. The minimum atomic E-state index is -0.218. The molecule has 0 spiro atoms. The molecule has 0 aliphatic rings. The lowest BCUT2D eigenvalue weighted by atomic mass is 10.0. The molecule has 0 aliphatic carbocycles. The summed E-state index contributed by atoms with van der Waals surface area (Å²) in [6.07, 6.45) is 2.19. The first-order chi connectivity index (χ1) is 9.70. The van der Waals surface area contributed by atoms with E-state index in [2.05, 4.69) is 24.2 Å². The maximum atomic E-state index is 6.22. The third-order valence-electron chi connectivity index (χ3n) is 3.49. The van der Waals surface area contributed by atoms with Crippen molar-refractivity contribution < 1.29 is 4.42 Å². The third kappa shape index (κ3) is 2.21. The van der Waals surface area contributed by atoms with Gasteiger partial charge in [0.2, 0.25) is 0 Å². The maximum absolute atomic E-state index is 6.22. The number of hydrogen-bond donors (Lipinski definition) is 1. The first kappa shape index (κ1) is 13.2. The highest BCUT2D eigenvalue weighted by Crippen LogP contribution is 2.27. The Bertz CT molecular complexity index is 732. The highest BCUT2D eigenvalue weighted by Gasteiger charge is 2.17. The van der Waals surface area contributed by atoms with E-state index in [0.717, 1.165) is 28.7 Å². The van der Waals surface area contributed by atoms with Gasteiger partial charge in [-0.3, -0.25) is 4.68 Å². The summed E-state index contributed by atoms with van der Waals surface area (Å²) in [6.45, 7) is 2.91. The van der Waals surface area contributed by atoms with Crippen molar-refractivity contribution in [2.45, 2.75) is 25.9 Å².